The van der Waals surface area contributed by atoms with Gasteiger partial charge in [0.25, 0.3) is 0 Å². The molecular formula is C7H17AlO2. The van der Waals surface area contributed by atoms with Crippen LogP contribution in [0.4, 0.5) is 0 Å². The van der Waals surface area contributed by atoms with Crippen LogP contribution >= 0.6 is 0 Å². The van der Waals surface area contributed by atoms with Gasteiger partial charge >= 0.3 is 5.97 Å². The van der Waals surface area contributed by atoms with Gasteiger partial charge in [0, 0.05) is 6.42 Å². The van der Waals surface area contributed by atoms with Crippen LogP contribution in [-0.4, -0.2) is 30.4 Å². The van der Waals surface area contributed by atoms with Crippen molar-refractivity contribution in [2.24, 2.45) is 0 Å². The zero-order valence-electron chi connectivity index (χ0n) is 6.14. The standard InChI is InChI=1S/C7H14O2.Al.3H/c1-3-4-5-6-7(8)9-2;;;;/h3-6H2,1-2H3;;;;. The first-order valence-electron chi connectivity index (χ1n) is 3.38. The van der Waals surface area contributed by atoms with Gasteiger partial charge in [-0.2, -0.15) is 0 Å². The molecular weight excluding hydrogens is 143 g/mol. The molecule has 0 aliphatic heterocycles. The fourth-order valence-electron chi connectivity index (χ4n) is 0.621. The van der Waals surface area contributed by atoms with E-state index in [1.54, 1.807) is 0 Å². The second kappa shape index (κ2) is 9.00. The molecule has 0 unspecified atom stereocenters. The Hall–Kier alpha value is 0.00247. The summed E-state index contributed by atoms with van der Waals surface area (Å²) >= 11 is 0. The molecule has 0 saturated carbocycles. The van der Waals surface area contributed by atoms with Gasteiger partial charge in [0.2, 0.25) is 0 Å². The van der Waals surface area contributed by atoms with Crippen LogP contribution in [0, 0.1) is 0 Å². The van der Waals surface area contributed by atoms with E-state index in [2.05, 4.69) is 11.7 Å². The van der Waals surface area contributed by atoms with Gasteiger partial charge in [-0.1, -0.05) is 19.8 Å². The van der Waals surface area contributed by atoms with Crippen LogP contribution in [0.3, 0.4) is 0 Å². The summed E-state index contributed by atoms with van der Waals surface area (Å²) in [5, 5.41) is 0. The molecule has 0 spiro atoms. The van der Waals surface area contributed by atoms with Crippen LogP contribution in [0.5, 0.6) is 0 Å². The smallest absolute Gasteiger partial charge is 0.305 e. The number of carbonyl (C=O) groups is 1. The lowest BCUT2D eigenvalue weighted by Crippen LogP contribution is -1.98. The van der Waals surface area contributed by atoms with E-state index in [-0.39, 0.29) is 23.3 Å². The maximum atomic E-state index is 10.5. The van der Waals surface area contributed by atoms with Crippen LogP contribution in [0.25, 0.3) is 0 Å². The summed E-state index contributed by atoms with van der Waals surface area (Å²) in [5.74, 6) is -0.0940. The quantitative estimate of drug-likeness (QED) is 0.341. The topological polar surface area (TPSA) is 26.3 Å². The average Bonchev–Trinajstić information content (AvgIpc) is 1.89. The van der Waals surface area contributed by atoms with Gasteiger partial charge in [0.05, 0.1) is 7.11 Å². The van der Waals surface area contributed by atoms with Gasteiger partial charge in [0.1, 0.15) is 0 Å². The second-order valence-corrected chi connectivity index (χ2v) is 2.03. The van der Waals surface area contributed by atoms with Gasteiger partial charge in [0.15, 0.2) is 17.4 Å². The minimum Gasteiger partial charge on any atom is -0.469 e. The maximum absolute atomic E-state index is 10.5. The molecule has 0 heterocycles. The number of esters is 1. The predicted octanol–water partition coefficient (Wildman–Crippen LogP) is 0.556. The Morgan fingerprint density at radius 3 is 2.40 bits per heavy atom. The van der Waals surface area contributed by atoms with Gasteiger partial charge in [-0.3, -0.25) is 4.79 Å². The Morgan fingerprint density at radius 1 is 1.40 bits per heavy atom. The summed E-state index contributed by atoms with van der Waals surface area (Å²) in [6, 6.07) is 0. The maximum Gasteiger partial charge on any atom is 0.305 e. The Bertz CT molecular complexity index is 83.7. The molecule has 0 aliphatic carbocycles. The highest BCUT2D eigenvalue weighted by Crippen LogP contribution is 1.98. The zero-order chi connectivity index (χ0) is 7.11. The normalized spacial score (nSPS) is 8.20. The summed E-state index contributed by atoms with van der Waals surface area (Å²) in [7, 11) is 1.42. The summed E-state index contributed by atoms with van der Waals surface area (Å²) in [6.45, 7) is 2.11. The number of carbonyl (C=O) groups excluding carboxylic acids is 1. The number of hydrogen-bond donors (Lipinski definition) is 0. The zero-order valence-corrected chi connectivity index (χ0v) is 6.14. The van der Waals surface area contributed by atoms with Crippen molar-refractivity contribution < 1.29 is 9.53 Å². The van der Waals surface area contributed by atoms with Crippen LogP contribution in [-0.2, 0) is 9.53 Å². The highest BCUT2D eigenvalue weighted by atomic mass is 27.0. The highest BCUT2D eigenvalue weighted by Gasteiger charge is 1.96. The van der Waals surface area contributed by atoms with Crippen molar-refractivity contribution >= 4 is 23.3 Å². The van der Waals surface area contributed by atoms with E-state index in [0.29, 0.717) is 6.42 Å². The van der Waals surface area contributed by atoms with E-state index in [1.807, 2.05) is 0 Å². The molecule has 60 valence electrons. The van der Waals surface area contributed by atoms with Crippen molar-refractivity contribution in [2.45, 2.75) is 32.6 Å². The van der Waals surface area contributed by atoms with Crippen molar-refractivity contribution in [3.63, 3.8) is 0 Å². The lowest BCUT2D eigenvalue weighted by Gasteiger charge is -1.95. The summed E-state index contributed by atoms with van der Waals surface area (Å²) < 4.78 is 4.46. The van der Waals surface area contributed by atoms with E-state index in [9.17, 15) is 4.79 Å². The van der Waals surface area contributed by atoms with Crippen LogP contribution < -0.4 is 0 Å². The van der Waals surface area contributed by atoms with E-state index in [0.717, 1.165) is 19.3 Å². The second-order valence-electron chi connectivity index (χ2n) is 2.03. The molecule has 10 heavy (non-hydrogen) atoms. The largest absolute Gasteiger partial charge is 0.469 e. The molecule has 0 radical (unpaired) electrons. The Kier molecular flexibility index (Phi) is 11.4. The SMILES string of the molecule is CCCCCC(=O)OC.[AlH3]. The number of methoxy groups -OCH3 is 1. The highest BCUT2D eigenvalue weighted by molar-refractivity contribution is 5.75. The molecule has 0 aromatic rings. The molecule has 0 aliphatic rings. The molecule has 0 aromatic carbocycles. The lowest BCUT2D eigenvalue weighted by molar-refractivity contribution is -0.140. The van der Waals surface area contributed by atoms with Gasteiger partial charge in [-0.05, 0) is 6.42 Å². The van der Waals surface area contributed by atoms with Gasteiger partial charge in [-0.15, -0.1) is 0 Å². The third-order valence-electron chi connectivity index (χ3n) is 1.21. The fraction of sp³-hybridized carbons (Fsp3) is 0.857. The van der Waals surface area contributed by atoms with Crippen molar-refractivity contribution in [1.82, 2.24) is 0 Å². The Morgan fingerprint density at radius 2 is 2.00 bits per heavy atom. The predicted molar refractivity (Wildman–Crippen MR) is 46.1 cm³/mol. The number of hydrogen-bond acceptors (Lipinski definition) is 2. The van der Waals surface area contributed by atoms with E-state index in [1.165, 1.54) is 7.11 Å². The number of ether oxygens (including phenoxy) is 1. The van der Waals surface area contributed by atoms with Crippen LogP contribution in [0.15, 0.2) is 0 Å². The first-order valence-corrected chi connectivity index (χ1v) is 3.38. The van der Waals surface area contributed by atoms with Crippen molar-refractivity contribution in [1.29, 1.82) is 0 Å². The minimum absolute atomic E-state index is 0. The monoisotopic (exact) mass is 160 g/mol. The van der Waals surface area contributed by atoms with Crippen molar-refractivity contribution in [2.75, 3.05) is 7.11 Å². The van der Waals surface area contributed by atoms with Crippen molar-refractivity contribution in [3.8, 4) is 0 Å². The summed E-state index contributed by atoms with van der Waals surface area (Å²) in [6.07, 6.45) is 3.81. The molecule has 0 saturated heterocycles. The molecule has 0 bridgehead atoms. The van der Waals surface area contributed by atoms with Gasteiger partial charge in [-0.25, -0.2) is 0 Å². The van der Waals surface area contributed by atoms with Crippen LogP contribution in [0.2, 0.25) is 0 Å². The number of unbranched alkanes of at least 4 members (excludes halogenated alkanes) is 2. The molecule has 0 fully saturated rings. The first kappa shape index (κ1) is 12.7. The molecule has 3 heteroatoms. The first-order chi connectivity index (χ1) is 4.31. The molecule has 2 nitrogen and oxygen atoms in total. The van der Waals surface area contributed by atoms with Crippen molar-refractivity contribution in [3.05, 3.63) is 0 Å². The minimum atomic E-state index is -0.0940. The molecule has 0 amide bonds. The Labute approximate surface area is 73.1 Å². The Balaban J connectivity index is 0. The van der Waals surface area contributed by atoms with Gasteiger partial charge < -0.3 is 4.74 Å². The molecule has 0 N–H and O–H groups in total. The van der Waals surface area contributed by atoms with E-state index >= 15 is 0 Å². The molecule has 0 rings (SSSR count). The van der Waals surface area contributed by atoms with E-state index in [4.69, 9.17) is 0 Å². The van der Waals surface area contributed by atoms with E-state index < -0.39 is 0 Å². The molecule has 0 atom stereocenters. The summed E-state index contributed by atoms with van der Waals surface area (Å²) in [5.41, 5.74) is 0. The number of rotatable bonds is 4. The average molecular weight is 160 g/mol. The van der Waals surface area contributed by atoms with Crippen LogP contribution in [0.1, 0.15) is 32.6 Å². The lowest BCUT2D eigenvalue weighted by atomic mass is 10.2. The third kappa shape index (κ3) is 8.00. The fourth-order valence-corrected chi connectivity index (χ4v) is 0.621. The summed E-state index contributed by atoms with van der Waals surface area (Å²) in [4.78, 5) is 10.5. The third-order valence-corrected chi connectivity index (χ3v) is 1.21. The molecule has 0 aromatic heterocycles.